The number of halogens is 2. The zero-order valence-corrected chi connectivity index (χ0v) is 9.08. The molecule has 1 aromatic rings. The molecule has 88 valence electrons. The number of nitrogens with zero attached hydrogens (tertiary/aromatic N) is 1. The predicted molar refractivity (Wildman–Crippen MR) is 55.8 cm³/mol. The maximum atomic E-state index is 13.7. The first-order valence-electron chi connectivity index (χ1n) is 4.70. The van der Waals surface area contributed by atoms with Crippen LogP contribution in [0.15, 0.2) is 24.3 Å². The molecule has 0 aliphatic heterocycles. The maximum Gasteiger partial charge on any atom is 0.336 e. The number of hydrogen-bond acceptors (Lipinski definition) is 2. The number of benzene rings is 1. The Hall–Kier alpha value is -1.49. The van der Waals surface area contributed by atoms with Crippen molar-refractivity contribution in [3.8, 4) is 0 Å². The Morgan fingerprint density at radius 1 is 1.38 bits per heavy atom. The highest BCUT2D eigenvalue weighted by molar-refractivity contribution is 5.89. The van der Waals surface area contributed by atoms with Crippen LogP contribution in [0.2, 0.25) is 0 Å². The Bertz CT molecular complexity index is 391. The first-order valence-corrected chi connectivity index (χ1v) is 4.70. The van der Waals surface area contributed by atoms with Crippen LogP contribution in [0.5, 0.6) is 0 Å². The smallest absolute Gasteiger partial charge is 0.336 e. The van der Waals surface area contributed by atoms with E-state index in [1.54, 1.807) is 0 Å². The van der Waals surface area contributed by atoms with E-state index < -0.39 is 24.0 Å². The second-order valence-corrected chi connectivity index (χ2v) is 3.79. The van der Waals surface area contributed by atoms with Gasteiger partial charge in [0, 0.05) is 5.56 Å². The van der Waals surface area contributed by atoms with Crippen molar-refractivity contribution in [1.29, 1.82) is 0 Å². The van der Waals surface area contributed by atoms with Gasteiger partial charge in [0.2, 0.25) is 0 Å². The van der Waals surface area contributed by atoms with Crippen LogP contribution < -0.4 is 0 Å². The van der Waals surface area contributed by atoms with Gasteiger partial charge in [0.1, 0.15) is 0 Å². The van der Waals surface area contributed by atoms with Crippen LogP contribution in [0.25, 0.3) is 0 Å². The van der Waals surface area contributed by atoms with Crippen LogP contribution in [0.4, 0.5) is 8.78 Å². The molecule has 0 aliphatic carbocycles. The van der Waals surface area contributed by atoms with Gasteiger partial charge >= 0.3 is 5.97 Å². The summed E-state index contributed by atoms with van der Waals surface area (Å²) in [5, 5.41) is 8.82. The average Bonchev–Trinajstić information content (AvgIpc) is 2.15. The molecule has 0 saturated carbocycles. The lowest BCUT2D eigenvalue weighted by molar-refractivity contribution is -0.0280. The third-order valence-electron chi connectivity index (χ3n) is 2.07. The fourth-order valence-electron chi connectivity index (χ4n) is 1.47. The van der Waals surface area contributed by atoms with Gasteiger partial charge in [-0.3, -0.25) is 0 Å². The van der Waals surface area contributed by atoms with E-state index in [1.165, 1.54) is 37.2 Å². The van der Waals surface area contributed by atoms with Gasteiger partial charge in [0.15, 0.2) is 0 Å². The van der Waals surface area contributed by atoms with E-state index in [2.05, 4.69) is 0 Å². The molecule has 16 heavy (non-hydrogen) atoms. The first kappa shape index (κ1) is 12.6. The summed E-state index contributed by atoms with van der Waals surface area (Å²) in [6.07, 6.45) is 0. The van der Waals surface area contributed by atoms with Crippen molar-refractivity contribution in [1.82, 2.24) is 4.90 Å². The zero-order valence-electron chi connectivity index (χ0n) is 9.08. The number of alkyl halides is 2. The van der Waals surface area contributed by atoms with E-state index >= 15 is 0 Å². The van der Waals surface area contributed by atoms with Gasteiger partial charge in [0.25, 0.3) is 5.92 Å². The van der Waals surface area contributed by atoms with Gasteiger partial charge in [-0.1, -0.05) is 18.2 Å². The molecular weight excluding hydrogens is 216 g/mol. The molecule has 1 aromatic carbocycles. The molecule has 0 unspecified atom stereocenters. The summed E-state index contributed by atoms with van der Waals surface area (Å²) < 4.78 is 27.4. The number of hydrogen-bond donors (Lipinski definition) is 1. The molecule has 0 fully saturated rings. The highest BCUT2D eigenvalue weighted by atomic mass is 19.3. The van der Waals surface area contributed by atoms with Crippen LogP contribution in [-0.2, 0) is 5.92 Å². The summed E-state index contributed by atoms with van der Waals surface area (Å²) in [7, 11) is 3.02. The molecule has 0 radical (unpaired) electrons. The number of rotatable bonds is 4. The lowest BCUT2D eigenvalue weighted by Crippen LogP contribution is -2.31. The summed E-state index contributed by atoms with van der Waals surface area (Å²) in [4.78, 5) is 12.1. The van der Waals surface area contributed by atoms with Crippen LogP contribution in [0.1, 0.15) is 15.9 Å². The van der Waals surface area contributed by atoms with Gasteiger partial charge in [-0.05, 0) is 20.2 Å². The molecule has 0 aromatic heterocycles. The van der Waals surface area contributed by atoms with Gasteiger partial charge in [-0.2, -0.15) is 8.78 Å². The van der Waals surface area contributed by atoms with Gasteiger partial charge in [-0.25, -0.2) is 4.79 Å². The molecule has 0 aliphatic rings. The van der Waals surface area contributed by atoms with Crippen molar-refractivity contribution in [2.24, 2.45) is 0 Å². The second-order valence-electron chi connectivity index (χ2n) is 3.79. The van der Waals surface area contributed by atoms with Crippen LogP contribution >= 0.6 is 0 Å². The molecule has 1 rings (SSSR count). The Morgan fingerprint density at radius 2 is 1.94 bits per heavy atom. The summed E-state index contributed by atoms with van der Waals surface area (Å²) in [5.41, 5.74) is -0.800. The van der Waals surface area contributed by atoms with Crippen molar-refractivity contribution in [2.75, 3.05) is 20.6 Å². The van der Waals surface area contributed by atoms with Gasteiger partial charge in [0.05, 0.1) is 12.1 Å². The van der Waals surface area contributed by atoms with E-state index in [0.29, 0.717) is 0 Å². The molecule has 0 spiro atoms. The molecule has 1 N–H and O–H groups in total. The maximum absolute atomic E-state index is 13.7. The fourth-order valence-corrected chi connectivity index (χ4v) is 1.47. The van der Waals surface area contributed by atoms with Crippen LogP contribution in [0.3, 0.4) is 0 Å². The Morgan fingerprint density at radius 3 is 2.44 bits per heavy atom. The zero-order chi connectivity index (χ0) is 12.3. The van der Waals surface area contributed by atoms with Crippen LogP contribution in [0, 0.1) is 0 Å². The van der Waals surface area contributed by atoms with Crippen molar-refractivity contribution in [3.05, 3.63) is 35.4 Å². The van der Waals surface area contributed by atoms with Crippen molar-refractivity contribution < 1.29 is 18.7 Å². The fraction of sp³-hybridized carbons (Fsp3) is 0.364. The third kappa shape index (κ3) is 2.76. The summed E-state index contributed by atoms with van der Waals surface area (Å²) in [6, 6.07) is 5.16. The number of likely N-dealkylation sites (N-methyl/N-ethyl adjacent to an activating group) is 1. The third-order valence-corrected chi connectivity index (χ3v) is 2.07. The predicted octanol–water partition coefficient (Wildman–Crippen LogP) is 2.04. The number of aromatic carboxylic acids is 1. The highest BCUT2D eigenvalue weighted by Gasteiger charge is 2.35. The quantitative estimate of drug-likeness (QED) is 0.858. The minimum Gasteiger partial charge on any atom is -0.478 e. The standard InChI is InChI=1S/C11H13F2NO2/c1-14(2)7-11(12,13)9-6-4-3-5-8(9)10(15)16/h3-6H,7H2,1-2H3,(H,15,16). The lowest BCUT2D eigenvalue weighted by atomic mass is 10.0. The Balaban J connectivity index is 3.16. The molecule has 0 atom stereocenters. The number of carbonyl (C=O) groups is 1. The van der Waals surface area contributed by atoms with E-state index in [9.17, 15) is 13.6 Å². The number of carboxylic acids is 1. The normalized spacial score (nSPS) is 11.8. The van der Waals surface area contributed by atoms with Crippen molar-refractivity contribution in [2.45, 2.75) is 5.92 Å². The monoisotopic (exact) mass is 229 g/mol. The average molecular weight is 229 g/mol. The topological polar surface area (TPSA) is 40.5 Å². The van der Waals surface area contributed by atoms with E-state index in [0.717, 1.165) is 6.07 Å². The SMILES string of the molecule is CN(C)CC(F)(F)c1ccccc1C(=O)O. The minimum atomic E-state index is -3.17. The van der Waals surface area contributed by atoms with Gasteiger partial charge in [-0.15, -0.1) is 0 Å². The van der Waals surface area contributed by atoms with E-state index in [1.807, 2.05) is 0 Å². The van der Waals surface area contributed by atoms with Crippen LogP contribution in [-0.4, -0.2) is 36.6 Å². The highest BCUT2D eigenvalue weighted by Crippen LogP contribution is 2.31. The Labute approximate surface area is 92.3 Å². The molecule has 0 amide bonds. The molecule has 0 saturated heterocycles. The van der Waals surface area contributed by atoms with Gasteiger partial charge < -0.3 is 10.0 Å². The van der Waals surface area contributed by atoms with Crippen molar-refractivity contribution >= 4 is 5.97 Å². The summed E-state index contributed by atoms with van der Waals surface area (Å²) >= 11 is 0. The molecular formula is C11H13F2NO2. The minimum absolute atomic E-state index is 0.352. The Kier molecular flexibility index (Phi) is 3.59. The molecule has 3 nitrogen and oxygen atoms in total. The molecule has 0 heterocycles. The second kappa shape index (κ2) is 4.57. The summed E-state index contributed by atoms with van der Waals surface area (Å²) in [6.45, 7) is -0.517. The first-order chi connectivity index (χ1) is 7.34. The van der Waals surface area contributed by atoms with E-state index in [4.69, 9.17) is 5.11 Å². The largest absolute Gasteiger partial charge is 0.478 e. The number of carboxylic acid groups (broad SMARTS) is 1. The van der Waals surface area contributed by atoms with E-state index in [-0.39, 0.29) is 5.56 Å². The molecule has 5 heteroatoms. The molecule has 0 bridgehead atoms. The lowest BCUT2D eigenvalue weighted by Gasteiger charge is -2.22. The summed E-state index contributed by atoms with van der Waals surface area (Å²) in [5.74, 6) is -4.51. The van der Waals surface area contributed by atoms with Crippen molar-refractivity contribution in [3.63, 3.8) is 0 Å².